The molecule has 2 saturated heterocycles. The highest BCUT2D eigenvalue weighted by Gasteiger charge is 2.62. The van der Waals surface area contributed by atoms with Gasteiger partial charge in [-0.2, -0.15) is 4.98 Å². The van der Waals surface area contributed by atoms with E-state index in [0.29, 0.717) is 5.94 Å². The van der Waals surface area contributed by atoms with Crippen molar-refractivity contribution in [2.75, 3.05) is 24.1 Å². The number of aromatic nitrogens is 2. The maximum absolute atomic E-state index is 13.1. The Bertz CT molecular complexity index is 1010. The zero-order valence-corrected chi connectivity index (χ0v) is 27.2. The summed E-state index contributed by atoms with van der Waals surface area (Å²) >= 11 is 1.54. The summed E-state index contributed by atoms with van der Waals surface area (Å²) in [4.78, 5) is 28.6. The van der Waals surface area contributed by atoms with Gasteiger partial charge in [-0.1, -0.05) is 55.4 Å². The highest BCUT2D eigenvalue weighted by molar-refractivity contribution is 7.98. The molecule has 1 aromatic rings. The molecule has 10 nitrogen and oxygen atoms in total. The minimum atomic E-state index is -2.90. The second-order valence-electron chi connectivity index (χ2n) is 11.3. The number of ether oxygens (including phenoxy) is 2. The van der Waals surface area contributed by atoms with Gasteiger partial charge in [0.15, 0.2) is 6.23 Å². The van der Waals surface area contributed by atoms with Gasteiger partial charge >= 0.3 is 22.8 Å². The van der Waals surface area contributed by atoms with Crippen molar-refractivity contribution < 1.29 is 27.2 Å². The van der Waals surface area contributed by atoms with Crippen molar-refractivity contribution in [2.45, 2.75) is 109 Å². The van der Waals surface area contributed by atoms with Gasteiger partial charge in [-0.25, -0.2) is 4.79 Å². The molecule has 2 aliphatic heterocycles. The Hall–Kier alpha value is -1.07. The number of anilines is 1. The molecule has 216 valence electrons. The van der Waals surface area contributed by atoms with Crippen LogP contribution in [0.15, 0.2) is 17.1 Å². The zero-order valence-electron chi connectivity index (χ0n) is 24.3. The minimum absolute atomic E-state index is 0.149. The molecule has 13 heteroatoms. The molecule has 3 heterocycles. The minimum Gasteiger partial charge on any atom is -0.414 e. The number of fused-ring (bicyclic) bond motifs is 1. The summed E-state index contributed by atoms with van der Waals surface area (Å²) in [6, 6.07) is 1.58. The predicted octanol–water partition coefficient (Wildman–Crippen LogP) is 4.76. The molecule has 2 aliphatic rings. The zero-order chi connectivity index (χ0) is 28.4. The van der Waals surface area contributed by atoms with Crippen molar-refractivity contribution in [1.29, 1.82) is 0 Å². The van der Waals surface area contributed by atoms with Gasteiger partial charge in [-0.05, 0) is 34.5 Å². The summed E-state index contributed by atoms with van der Waals surface area (Å²) < 4.78 is 35.6. The topological polar surface area (TPSA) is 110 Å². The first kappa shape index (κ1) is 31.5. The molecule has 1 amide bonds. The monoisotopic (exact) mass is 587 g/mol. The first-order valence-corrected chi connectivity index (χ1v) is 18.8. The van der Waals surface area contributed by atoms with Crippen LogP contribution in [0.25, 0.3) is 0 Å². The van der Waals surface area contributed by atoms with Gasteiger partial charge in [-0.3, -0.25) is 9.36 Å². The van der Waals surface area contributed by atoms with Gasteiger partial charge in [0.2, 0.25) is 5.91 Å². The van der Waals surface area contributed by atoms with Crippen LogP contribution in [0.5, 0.6) is 0 Å². The lowest BCUT2D eigenvalue weighted by atomic mass is 10.1. The SMILES string of the molecule is CSCO[C@@H]1[C@@H]2O[Si](C(C)C)(C(C)C)O[Si](C(C)C)(C(C)C)OC[C@H]2O[C@H]1n1ccc(NC(C)=O)nc1=O. The summed E-state index contributed by atoms with van der Waals surface area (Å²) in [5.41, 5.74) is 0.170. The number of hydrogen-bond donors (Lipinski definition) is 1. The molecule has 0 aliphatic carbocycles. The summed E-state index contributed by atoms with van der Waals surface area (Å²) in [6.07, 6.45) is 1.24. The van der Waals surface area contributed by atoms with Gasteiger partial charge < -0.3 is 27.8 Å². The molecule has 0 bridgehead atoms. The van der Waals surface area contributed by atoms with Crippen molar-refractivity contribution in [2.24, 2.45) is 0 Å². The van der Waals surface area contributed by atoms with Crippen LogP contribution in [0.4, 0.5) is 5.82 Å². The van der Waals surface area contributed by atoms with Crippen LogP contribution in [0, 0.1) is 0 Å². The maximum Gasteiger partial charge on any atom is 0.351 e. The fraction of sp³-hybridized carbons (Fsp3) is 0.800. The standard InChI is InChI=1S/C25H45N3O7SSi2/c1-15(2)37(16(3)4)32-13-20-22(34-38(35-37,17(5)6)18(7)8)23(31-14-36-10)24(33-20)28-12-11-21(26-19(9)29)27-25(28)30/h11-12,15-18,20,22-24H,13-14H2,1-10H3,(H,26,27,29,30)/t20-,22-,23-,24-/m1/s1. The van der Waals surface area contributed by atoms with E-state index >= 15 is 0 Å². The van der Waals surface area contributed by atoms with Gasteiger partial charge in [0.1, 0.15) is 24.1 Å². The molecule has 0 radical (unpaired) electrons. The number of amides is 1. The van der Waals surface area contributed by atoms with Crippen molar-refractivity contribution in [3.8, 4) is 0 Å². The molecule has 0 unspecified atom stereocenters. The number of nitrogens with zero attached hydrogens (tertiary/aromatic N) is 2. The molecular weight excluding hydrogens is 543 g/mol. The van der Waals surface area contributed by atoms with E-state index in [-0.39, 0.29) is 40.5 Å². The van der Waals surface area contributed by atoms with Crippen molar-refractivity contribution >= 4 is 40.6 Å². The number of carbonyl (C=O) groups excluding carboxylic acids is 1. The molecule has 2 fully saturated rings. The van der Waals surface area contributed by atoms with E-state index in [1.807, 2.05) is 6.26 Å². The fourth-order valence-corrected chi connectivity index (χ4v) is 17.0. The van der Waals surface area contributed by atoms with Crippen molar-refractivity contribution in [1.82, 2.24) is 9.55 Å². The molecule has 0 saturated carbocycles. The van der Waals surface area contributed by atoms with E-state index in [1.165, 1.54) is 23.3 Å². The number of carbonyl (C=O) groups is 1. The molecular formula is C25H45N3O7SSi2. The van der Waals surface area contributed by atoms with Crippen LogP contribution >= 0.6 is 11.8 Å². The van der Waals surface area contributed by atoms with E-state index < -0.39 is 47.4 Å². The van der Waals surface area contributed by atoms with E-state index in [9.17, 15) is 9.59 Å². The molecule has 3 rings (SSSR count). The first-order valence-electron chi connectivity index (χ1n) is 13.4. The number of rotatable bonds is 9. The van der Waals surface area contributed by atoms with Crippen LogP contribution in [0.1, 0.15) is 68.5 Å². The number of nitrogens with one attached hydrogen (secondary N) is 1. The van der Waals surface area contributed by atoms with Gasteiger partial charge in [0.25, 0.3) is 0 Å². The molecule has 1 aromatic heterocycles. The van der Waals surface area contributed by atoms with Crippen LogP contribution in [0.2, 0.25) is 22.2 Å². The van der Waals surface area contributed by atoms with Crippen LogP contribution in [0.3, 0.4) is 0 Å². The van der Waals surface area contributed by atoms with Gasteiger partial charge in [0.05, 0.1) is 12.5 Å². The Morgan fingerprint density at radius 3 is 2.24 bits per heavy atom. The number of hydrogen-bond acceptors (Lipinski definition) is 9. The molecule has 0 aromatic carbocycles. The molecule has 4 atom stereocenters. The third-order valence-corrected chi connectivity index (χ3v) is 18.0. The number of thioether (sulfide) groups is 1. The van der Waals surface area contributed by atoms with Gasteiger partial charge in [-0.15, -0.1) is 11.8 Å². The van der Waals surface area contributed by atoms with E-state index in [0.717, 1.165) is 0 Å². The second-order valence-corrected chi connectivity index (χ2v) is 21.0. The Morgan fingerprint density at radius 1 is 1.13 bits per heavy atom. The smallest absolute Gasteiger partial charge is 0.351 e. The summed E-state index contributed by atoms with van der Waals surface area (Å²) in [6.45, 7) is 19.0. The van der Waals surface area contributed by atoms with Gasteiger partial charge in [0, 0.05) is 13.1 Å². The molecule has 1 N–H and O–H groups in total. The average molecular weight is 588 g/mol. The maximum atomic E-state index is 13.1. The van der Waals surface area contributed by atoms with Crippen molar-refractivity contribution in [3.05, 3.63) is 22.7 Å². The Kier molecular flexibility index (Phi) is 10.5. The average Bonchev–Trinajstić information content (AvgIpc) is 3.12. The van der Waals surface area contributed by atoms with E-state index in [4.69, 9.17) is 22.4 Å². The summed E-state index contributed by atoms with van der Waals surface area (Å²) in [5, 5.41) is 2.55. The first-order chi connectivity index (χ1) is 17.8. The van der Waals surface area contributed by atoms with Crippen LogP contribution in [-0.2, 0) is 27.2 Å². The highest BCUT2D eigenvalue weighted by Crippen LogP contribution is 2.48. The largest absolute Gasteiger partial charge is 0.414 e. The summed E-state index contributed by atoms with van der Waals surface area (Å²) in [5.74, 6) is 0.288. The van der Waals surface area contributed by atoms with Crippen LogP contribution in [-0.4, -0.2) is 69.7 Å². The Balaban J connectivity index is 2.10. The highest BCUT2D eigenvalue weighted by atomic mass is 32.2. The van der Waals surface area contributed by atoms with Crippen molar-refractivity contribution in [3.63, 3.8) is 0 Å². The van der Waals surface area contributed by atoms with E-state index in [1.54, 1.807) is 12.3 Å². The van der Waals surface area contributed by atoms with Crippen LogP contribution < -0.4 is 11.0 Å². The predicted molar refractivity (Wildman–Crippen MR) is 154 cm³/mol. The quantitative estimate of drug-likeness (QED) is 0.323. The summed E-state index contributed by atoms with van der Waals surface area (Å²) in [7, 11) is -5.63. The molecule has 38 heavy (non-hydrogen) atoms. The lowest BCUT2D eigenvalue weighted by Gasteiger charge is -2.51. The lowest BCUT2D eigenvalue weighted by molar-refractivity contribution is -0.114. The Morgan fingerprint density at radius 2 is 1.74 bits per heavy atom. The third kappa shape index (κ3) is 6.14. The molecule has 0 spiro atoms. The second kappa shape index (κ2) is 12.6. The Labute approximate surface area is 233 Å². The lowest BCUT2D eigenvalue weighted by Crippen LogP contribution is -2.66. The fourth-order valence-electron chi connectivity index (χ4n) is 5.53. The van der Waals surface area contributed by atoms with E-state index in [2.05, 4.69) is 65.7 Å². The normalized spacial score (nSPS) is 27.0. The third-order valence-electron chi connectivity index (χ3n) is 7.40.